The number of ketones is 1. The van der Waals surface area contributed by atoms with Crippen LogP contribution < -0.4 is 10.6 Å². The summed E-state index contributed by atoms with van der Waals surface area (Å²) in [7, 11) is 3.61. The van der Waals surface area contributed by atoms with Crippen LogP contribution in [0.25, 0.3) is 0 Å². The molecule has 0 radical (unpaired) electrons. The van der Waals surface area contributed by atoms with Crippen molar-refractivity contribution >= 4 is 5.78 Å². The minimum absolute atomic E-state index is 0.0324. The molecule has 0 aliphatic carbocycles. The number of hydrogen-bond acceptors (Lipinski definition) is 3. The van der Waals surface area contributed by atoms with Crippen LogP contribution in [-0.4, -0.2) is 32.5 Å². The van der Waals surface area contributed by atoms with Gasteiger partial charge in [-0.25, -0.2) is 0 Å². The quantitative estimate of drug-likeness (QED) is 0.533. The van der Waals surface area contributed by atoms with E-state index in [9.17, 15) is 4.79 Å². The molecule has 0 saturated carbocycles. The molecule has 0 saturated heterocycles. The smallest absolute Gasteiger partial charge is 0.147 e. The fourth-order valence-electron chi connectivity index (χ4n) is 0.653. The Labute approximate surface area is 55.8 Å². The van der Waals surface area contributed by atoms with Crippen molar-refractivity contribution in [1.82, 2.24) is 10.6 Å². The molecule has 0 bridgehead atoms. The van der Waals surface area contributed by atoms with Crippen LogP contribution in [0, 0.1) is 0 Å². The minimum atomic E-state index is -0.0324. The molecule has 0 heterocycles. The standard InChI is InChI=1S/C6H14N2O/c1-5(9)6(8-3)4-7-2/h6-8H,4H2,1-3H3. The second-order valence-electron chi connectivity index (χ2n) is 2.01. The molecule has 2 N–H and O–H groups in total. The summed E-state index contributed by atoms with van der Waals surface area (Å²) in [6.45, 7) is 2.28. The summed E-state index contributed by atoms with van der Waals surface area (Å²) in [6, 6.07) is -0.0324. The van der Waals surface area contributed by atoms with Crippen LogP contribution in [0.4, 0.5) is 0 Å². The molecule has 3 nitrogen and oxygen atoms in total. The van der Waals surface area contributed by atoms with Gasteiger partial charge in [-0.2, -0.15) is 0 Å². The van der Waals surface area contributed by atoms with Gasteiger partial charge in [0.05, 0.1) is 6.04 Å². The SMILES string of the molecule is CNCC(NC)C(C)=O. The van der Waals surface area contributed by atoms with E-state index in [0.717, 1.165) is 0 Å². The first kappa shape index (κ1) is 8.59. The third-order valence-corrected chi connectivity index (χ3v) is 1.25. The number of Topliss-reactive ketones (excluding diaryl/α,β-unsaturated/α-hetero) is 1. The van der Waals surface area contributed by atoms with Gasteiger partial charge < -0.3 is 10.6 Å². The number of likely N-dealkylation sites (N-methyl/N-ethyl adjacent to an activating group) is 2. The van der Waals surface area contributed by atoms with Crippen LogP contribution in [0.2, 0.25) is 0 Å². The maximum atomic E-state index is 10.7. The first-order valence-corrected chi connectivity index (χ1v) is 3.04. The van der Waals surface area contributed by atoms with Crippen molar-refractivity contribution < 1.29 is 4.79 Å². The minimum Gasteiger partial charge on any atom is -0.318 e. The third-order valence-electron chi connectivity index (χ3n) is 1.25. The predicted octanol–water partition coefficient (Wildman–Crippen LogP) is -0.617. The van der Waals surface area contributed by atoms with E-state index >= 15 is 0 Å². The normalized spacial score (nSPS) is 13.2. The first-order valence-electron chi connectivity index (χ1n) is 3.04. The van der Waals surface area contributed by atoms with Gasteiger partial charge in [0, 0.05) is 6.54 Å². The van der Waals surface area contributed by atoms with Crippen molar-refractivity contribution in [3.8, 4) is 0 Å². The van der Waals surface area contributed by atoms with Gasteiger partial charge in [-0.3, -0.25) is 4.79 Å². The molecule has 54 valence electrons. The number of nitrogens with one attached hydrogen (secondary N) is 2. The monoisotopic (exact) mass is 130 g/mol. The summed E-state index contributed by atoms with van der Waals surface area (Å²) in [5.74, 6) is 0.173. The van der Waals surface area contributed by atoms with Gasteiger partial charge in [-0.1, -0.05) is 0 Å². The lowest BCUT2D eigenvalue weighted by Crippen LogP contribution is -2.40. The van der Waals surface area contributed by atoms with Gasteiger partial charge in [0.1, 0.15) is 5.78 Å². The Balaban J connectivity index is 3.54. The second kappa shape index (κ2) is 4.47. The topological polar surface area (TPSA) is 41.1 Å². The zero-order valence-electron chi connectivity index (χ0n) is 6.19. The molecule has 0 aliphatic rings. The second-order valence-corrected chi connectivity index (χ2v) is 2.01. The summed E-state index contributed by atoms with van der Waals surface area (Å²) in [4.78, 5) is 10.7. The van der Waals surface area contributed by atoms with Crippen LogP contribution in [0.1, 0.15) is 6.92 Å². The van der Waals surface area contributed by atoms with Crippen molar-refractivity contribution in [3.63, 3.8) is 0 Å². The number of carbonyl (C=O) groups is 1. The highest BCUT2D eigenvalue weighted by atomic mass is 16.1. The Morgan fingerprint density at radius 3 is 2.22 bits per heavy atom. The summed E-state index contributed by atoms with van der Waals surface area (Å²) < 4.78 is 0. The highest BCUT2D eigenvalue weighted by molar-refractivity contribution is 5.81. The molecule has 9 heavy (non-hydrogen) atoms. The first-order chi connectivity index (χ1) is 4.22. The van der Waals surface area contributed by atoms with E-state index in [-0.39, 0.29) is 11.8 Å². The van der Waals surface area contributed by atoms with Crippen LogP contribution in [0.3, 0.4) is 0 Å². The Hall–Kier alpha value is -0.410. The van der Waals surface area contributed by atoms with Gasteiger partial charge in [-0.05, 0) is 21.0 Å². The summed E-state index contributed by atoms with van der Waals surface area (Å²) in [5.41, 5.74) is 0. The molecule has 0 rings (SSSR count). The zero-order valence-corrected chi connectivity index (χ0v) is 6.19. The number of hydrogen-bond donors (Lipinski definition) is 2. The van der Waals surface area contributed by atoms with Crippen LogP contribution >= 0.6 is 0 Å². The molecule has 0 aromatic heterocycles. The van der Waals surface area contributed by atoms with Crippen molar-refractivity contribution in [2.75, 3.05) is 20.6 Å². The Kier molecular flexibility index (Phi) is 4.26. The fraction of sp³-hybridized carbons (Fsp3) is 0.833. The summed E-state index contributed by atoms with van der Waals surface area (Å²) in [6.07, 6.45) is 0. The summed E-state index contributed by atoms with van der Waals surface area (Å²) >= 11 is 0. The molecule has 0 amide bonds. The van der Waals surface area contributed by atoms with Crippen LogP contribution in [0.15, 0.2) is 0 Å². The highest BCUT2D eigenvalue weighted by Gasteiger charge is 2.07. The molecule has 1 unspecified atom stereocenters. The Morgan fingerprint density at radius 2 is 2.11 bits per heavy atom. The van der Waals surface area contributed by atoms with Crippen molar-refractivity contribution in [2.24, 2.45) is 0 Å². The molecular formula is C6H14N2O. The van der Waals surface area contributed by atoms with Gasteiger partial charge in [-0.15, -0.1) is 0 Å². The lowest BCUT2D eigenvalue weighted by atomic mass is 10.2. The van der Waals surface area contributed by atoms with Crippen molar-refractivity contribution in [2.45, 2.75) is 13.0 Å². The van der Waals surface area contributed by atoms with Crippen LogP contribution in [-0.2, 0) is 4.79 Å². The zero-order chi connectivity index (χ0) is 7.28. The molecule has 0 aromatic carbocycles. The fourth-order valence-corrected chi connectivity index (χ4v) is 0.653. The van der Waals surface area contributed by atoms with E-state index in [4.69, 9.17) is 0 Å². The predicted molar refractivity (Wildman–Crippen MR) is 37.5 cm³/mol. The van der Waals surface area contributed by atoms with Gasteiger partial charge in [0.15, 0.2) is 0 Å². The maximum Gasteiger partial charge on any atom is 0.147 e. The lowest BCUT2D eigenvalue weighted by Gasteiger charge is -2.10. The molecule has 0 fully saturated rings. The maximum absolute atomic E-state index is 10.7. The number of rotatable bonds is 4. The average molecular weight is 130 g/mol. The molecule has 3 heteroatoms. The molecule has 0 aromatic rings. The van der Waals surface area contributed by atoms with E-state index in [0.29, 0.717) is 6.54 Å². The molecule has 1 atom stereocenters. The lowest BCUT2D eigenvalue weighted by molar-refractivity contribution is -0.118. The number of carbonyl (C=O) groups excluding carboxylic acids is 1. The van der Waals surface area contributed by atoms with Crippen molar-refractivity contribution in [3.05, 3.63) is 0 Å². The molecule has 0 spiro atoms. The Morgan fingerprint density at radius 1 is 1.56 bits per heavy atom. The van der Waals surface area contributed by atoms with E-state index in [1.807, 2.05) is 7.05 Å². The largest absolute Gasteiger partial charge is 0.318 e. The van der Waals surface area contributed by atoms with Gasteiger partial charge in [0.25, 0.3) is 0 Å². The van der Waals surface area contributed by atoms with Gasteiger partial charge in [0.2, 0.25) is 0 Å². The highest BCUT2D eigenvalue weighted by Crippen LogP contribution is 1.80. The van der Waals surface area contributed by atoms with Crippen molar-refractivity contribution in [1.29, 1.82) is 0 Å². The van der Waals surface area contributed by atoms with Gasteiger partial charge >= 0.3 is 0 Å². The van der Waals surface area contributed by atoms with E-state index < -0.39 is 0 Å². The van der Waals surface area contributed by atoms with E-state index in [1.165, 1.54) is 0 Å². The average Bonchev–Trinajstić information content (AvgIpc) is 1.82. The third kappa shape index (κ3) is 3.21. The molecule has 0 aliphatic heterocycles. The van der Waals surface area contributed by atoms with Crippen LogP contribution in [0.5, 0.6) is 0 Å². The summed E-state index contributed by atoms with van der Waals surface area (Å²) in [5, 5.41) is 5.81. The Bertz CT molecular complexity index is 93.1. The molecular weight excluding hydrogens is 116 g/mol. The van der Waals surface area contributed by atoms with E-state index in [1.54, 1.807) is 14.0 Å². The van der Waals surface area contributed by atoms with E-state index in [2.05, 4.69) is 10.6 Å².